The van der Waals surface area contributed by atoms with Crippen LogP contribution in [-0.4, -0.2) is 0 Å². The molecular formula is C15H25+. The van der Waals surface area contributed by atoms with Gasteiger partial charge in [-0.1, -0.05) is 20.8 Å². The molecule has 0 aliphatic heterocycles. The summed E-state index contributed by atoms with van der Waals surface area (Å²) in [5.74, 6) is 6.86. The zero-order valence-electron chi connectivity index (χ0n) is 10.7. The van der Waals surface area contributed by atoms with E-state index in [1.807, 2.05) is 5.92 Å². The second-order valence-electron chi connectivity index (χ2n) is 7.20. The highest BCUT2D eigenvalue weighted by Gasteiger charge is 2.64. The lowest BCUT2D eigenvalue weighted by Crippen LogP contribution is -2.40. The maximum atomic E-state index is 2.57. The molecule has 0 spiro atoms. The van der Waals surface area contributed by atoms with E-state index < -0.39 is 0 Å². The molecule has 0 N–H and O–H groups in total. The van der Waals surface area contributed by atoms with E-state index in [1.165, 1.54) is 25.7 Å². The average molecular weight is 205 g/mol. The Kier molecular flexibility index (Phi) is 1.98. The van der Waals surface area contributed by atoms with Gasteiger partial charge in [0.1, 0.15) is 11.8 Å². The van der Waals surface area contributed by atoms with Gasteiger partial charge in [-0.05, 0) is 37.0 Å². The van der Waals surface area contributed by atoms with Crippen molar-refractivity contribution in [2.45, 2.75) is 53.4 Å². The SMILES string of the molecule is C[C+]1C2CC3CC(C)(C2)C1CC3C(C)C. The van der Waals surface area contributed by atoms with Crippen LogP contribution >= 0.6 is 0 Å². The van der Waals surface area contributed by atoms with E-state index in [4.69, 9.17) is 0 Å². The van der Waals surface area contributed by atoms with Gasteiger partial charge >= 0.3 is 0 Å². The maximum Gasteiger partial charge on any atom is 0.106 e. The van der Waals surface area contributed by atoms with Gasteiger partial charge in [-0.2, -0.15) is 0 Å². The molecule has 0 aromatic heterocycles. The summed E-state index contributed by atoms with van der Waals surface area (Å²) in [7, 11) is 0. The molecule has 0 aromatic rings. The minimum atomic E-state index is 0.711. The van der Waals surface area contributed by atoms with Crippen LogP contribution in [0.5, 0.6) is 0 Å². The van der Waals surface area contributed by atoms with Gasteiger partial charge in [0.2, 0.25) is 0 Å². The molecule has 0 aromatic carbocycles. The molecule has 3 saturated carbocycles. The molecule has 15 heavy (non-hydrogen) atoms. The number of fused-ring (bicyclic) bond motifs is 2. The quantitative estimate of drug-likeness (QED) is 0.560. The van der Waals surface area contributed by atoms with Crippen molar-refractivity contribution in [2.24, 2.45) is 35.0 Å². The van der Waals surface area contributed by atoms with Crippen LogP contribution in [0.15, 0.2) is 0 Å². The monoisotopic (exact) mass is 205 g/mol. The van der Waals surface area contributed by atoms with Gasteiger partial charge in [0, 0.05) is 11.8 Å². The van der Waals surface area contributed by atoms with Crippen molar-refractivity contribution >= 4 is 0 Å². The minimum absolute atomic E-state index is 0.711. The summed E-state index contributed by atoms with van der Waals surface area (Å²) in [6, 6.07) is 0. The van der Waals surface area contributed by atoms with Crippen LogP contribution < -0.4 is 0 Å². The molecule has 84 valence electrons. The van der Waals surface area contributed by atoms with E-state index in [-0.39, 0.29) is 0 Å². The number of hydrogen-bond donors (Lipinski definition) is 0. The highest BCUT2D eigenvalue weighted by atomic mass is 14.6. The third-order valence-electron chi connectivity index (χ3n) is 6.03. The third-order valence-corrected chi connectivity index (χ3v) is 6.03. The Hall–Kier alpha value is -0.130. The lowest BCUT2D eigenvalue weighted by Gasteiger charge is -2.45. The Morgan fingerprint density at radius 2 is 1.93 bits per heavy atom. The molecule has 3 bridgehead atoms. The van der Waals surface area contributed by atoms with E-state index in [2.05, 4.69) is 27.7 Å². The molecule has 3 aliphatic rings. The fourth-order valence-corrected chi connectivity index (χ4v) is 5.32. The van der Waals surface area contributed by atoms with Gasteiger partial charge < -0.3 is 0 Å². The summed E-state index contributed by atoms with van der Waals surface area (Å²) in [4.78, 5) is 0. The molecule has 0 amide bonds. The van der Waals surface area contributed by atoms with Gasteiger partial charge in [0.15, 0.2) is 0 Å². The van der Waals surface area contributed by atoms with E-state index in [0.717, 1.165) is 29.6 Å². The molecule has 3 aliphatic carbocycles. The van der Waals surface area contributed by atoms with Crippen LogP contribution in [0.2, 0.25) is 0 Å². The molecule has 0 heteroatoms. The third kappa shape index (κ3) is 1.23. The smallest absolute Gasteiger partial charge is 0.0625 e. The molecule has 0 radical (unpaired) electrons. The van der Waals surface area contributed by atoms with Crippen LogP contribution in [0.25, 0.3) is 0 Å². The Bertz CT molecular complexity index is 267. The van der Waals surface area contributed by atoms with Crippen molar-refractivity contribution < 1.29 is 0 Å². The molecule has 5 atom stereocenters. The predicted octanol–water partition coefficient (Wildman–Crippen LogP) is 4.31. The predicted molar refractivity (Wildman–Crippen MR) is 64.3 cm³/mol. The highest BCUT2D eigenvalue weighted by molar-refractivity contribution is 5.19. The van der Waals surface area contributed by atoms with Crippen molar-refractivity contribution in [2.75, 3.05) is 0 Å². The van der Waals surface area contributed by atoms with Crippen LogP contribution in [0, 0.1) is 40.9 Å². The van der Waals surface area contributed by atoms with Gasteiger partial charge in [0.25, 0.3) is 0 Å². The standard InChI is InChI=1S/C15H25/c1-9(2)13-6-14-10(3)11-5-12(13)8-15(14,4)7-11/h9,11-14H,5-8H2,1-4H3/q+1. The normalized spacial score (nSPS) is 53.0. The van der Waals surface area contributed by atoms with Crippen LogP contribution in [0.4, 0.5) is 0 Å². The van der Waals surface area contributed by atoms with Crippen molar-refractivity contribution in [3.05, 3.63) is 5.92 Å². The van der Waals surface area contributed by atoms with Crippen LogP contribution in [0.3, 0.4) is 0 Å². The van der Waals surface area contributed by atoms with E-state index >= 15 is 0 Å². The van der Waals surface area contributed by atoms with E-state index in [9.17, 15) is 0 Å². The second kappa shape index (κ2) is 2.96. The lowest BCUT2D eigenvalue weighted by atomic mass is 9.57. The molecule has 0 heterocycles. The first-order chi connectivity index (χ1) is 7.01. The van der Waals surface area contributed by atoms with Crippen molar-refractivity contribution in [3.63, 3.8) is 0 Å². The summed E-state index contributed by atoms with van der Waals surface area (Å²) < 4.78 is 0. The summed E-state index contributed by atoms with van der Waals surface area (Å²) in [6.07, 6.45) is 6.10. The molecule has 0 nitrogen and oxygen atoms in total. The molecule has 5 unspecified atom stereocenters. The summed E-state index contributed by atoms with van der Waals surface area (Å²) in [6.45, 7) is 9.92. The topological polar surface area (TPSA) is 0 Å². The largest absolute Gasteiger partial charge is 0.106 e. The maximum absolute atomic E-state index is 2.57. The van der Waals surface area contributed by atoms with Gasteiger partial charge in [-0.25, -0.2) is 0 Å². The van der Waals surface area contributed by atoms with E-state index in [0.29, 0.717) is 5.41 Å². The first-order valence-electron chi connectivity index (χ1n) is 6.84. The van der Waals surface area contributed by atoms with Crippen molar-refractivity contribution in [1.29, 1.82) is 0 Å². The number of rotatable bonds is 1. The van der Waals surface area contributed by atoms with Crippen LogP contribution in [-0.2, 0) is 0 Å². The molecule has 0 saturated heterocycles. The second-order valence-corrected chi connectivity index (χ2v) is 7.20. The Labute approximate surface area is 94.8 Å². The highest BCUT2D eigenvalue weighted by Crippen LogP contribution is 2.67. The number of hydrogen-bond acceptors (Lipinski definition) is 0. The van der Waals surface area contributed by atoms with Crippen LogP contribution in [0.1, 0.15) is 53.4 Å². The molecular weight excluding hydrogens is 180 g/mol. The van der Waals surface area contributed by atoms with Crippen molar-refractivity contribution in [3.8, 4) is 0 Å². The zero-order valence-corrected chi connectivity index (χ0v) is 10.7. The van der Waals surface area contributed by atoms with Gasteiger partial charge in [-0.3, -0.25) is 0 Å². The summed E-state index contributed by atoms with van der Waals surface area (Å²) >= 11 is 0. The summed E-state index contributed by atoms with van der Waals surface area (Å²) in [5, 5.41) is 0. The Morgan fingerprint density at radius 1 is 1.20 bits per heavy atom. The molecule has 3 fully saturated rings. The minimum Gasteiger partial charge on any atom is -0.0625 e. The average Bonchev–Trinajstić information content (AvgIpc) is 2.26. The Balaban J connectivity index is 1.93. The lowest BCUT2D eigenvalue weighted by molar-refractivity contribution is 0.0161. The van der Waals surface area contributed by atoms with Gasteiger partial charge in [0.05, 0.1) is 12.8 Å². The first kappa shape index (κ1) is 10.1. The fourth-order valence-electron chi connectivity index (χ4n) is 5.32. The van der Waals surface area contributed by atoms with E-state index in [1.54, 1.807) is 0 Å². The Morgan fingerprint density at radius 3 is 2.60 bits per heavy atom. The zero-order chi connectivity index (χ0) is 10.8. The first-order valence-corrected chi connectivity index (χ1v) is 6.84. The van der Waals surface area contributed by atoms with Crippen molar-refractivity contribution in [1.82, 2.24) is 0 Å². The summed E-state index contributed by atoms with van der Waals surface area (Å²) in [5.41, 5.74) is 0.711. The fraction of sp³-hybridized carbons (Fsp3) is 0.933. The molecule has 3 rings (SSSR count). The van der Waals surface area contributed by atoms with Gasteiger partial charge in [-0.15, -0.1) is 0 Å².